The van der Waals surface area contributed by atoms with Crippen molar-refractivity contribution in [3.8, 4) is 0 Å². The molecule has 1 aromatic rings. The predicted octanol–water partition coefficient (Wildman–Crippen LogP) is 6.14. The van der Waals surface area contributed by atoms with Crippen molar-refractivity contribution >= 4 is 17.5 Å². The molecule has 7 heteroatoms. The number of methoxy groups -OCH3 is 1. The minimum atomic E-state index is -0.360. The summed E-state index contributed by atoms with van der Waals surface area (Å²) < 4.78 is 24.3. The quantitative estimate of drug-likeness (QED) is 0.148. The topological polar surface area (TPSA) is 94.7 Å². The number of hydrogen-bond acceptors (Lipinski definition) is 7. The highest BCUT2D eigenvalue weighted by atomic mass is 16.6. The second-order valence-corrected chi connectivity index (χ2v) is 14.0. The highest BCUT2D eigenvalue weighted by Crippen LogP contribution is 2.59. The average molecular weight is 583 g/mol. The first-order valence-corrected chi connectivity index (χ1v) is 15.6. The van der Waals surface area contributed by atoms with Gasteiger partial charge in [-0.2, -0.15) is 0 Å². The van der Waals surface area contributed by atoms with Gasteiger partial charge in [-0.1, -0.05) is 56.7 Å². The molecule has 2 heterocycles. The van der Waals surface area contributed by atoms with E-state index >= 15 is 0 Å². The summed E-state index contributed by atoms with van der Waals surface area (Å²) >= 11 is 0. The van der Waals surface area contributed by atoms with Crippen molar-refractivity contribution in [3.05, 3.63) is 47.0 Å². The van der Waals surface area contributed by atoms with E-state index in [1.807, 2.05) is 45.0 Å². The van der Waals surface area contributed by atoms with Gasteiger partial charge in [0.25, 0.3) is 0 Å². The number of hydrogen-bond donors (Lipinski definition) is 0. The summed E-state index contributed by atoms with van der Waals surface area (Å²) in [6, 6.07) is 7.84. The molecule has 3 aliphatic rings. The standard InChI is InChI=1S/C35H50O7/c1-23(2)11-17-29-34(6,42-29)32-31(39-7)27(19-20-35(32)22-40-35)41-30(38)18-16-24-12-14-25(15-13-24)21-26(36)9-8-10-28(37)33(3,4)5/h11-15,27,29,31-32H,8-10,16-22H2,1-7H3/t27-,29-,31-,32-,34+,35+/m1/s1. The molecule has 0 N–H and O–H groups in total. The molecule has 1 aliphatic carbocycles. The Labute approximate surface area is 251 Å². The van der Waals surface area contributed by atoms with E-state index in [1.54, 1.807) is 7.11 Å². The highest BCUT2D eigenvalue weighted by molar-refractivity contribution is 5.85. The zero-order valence-electron chi connectivity index (χ0n) is 26.6. The SMILES string of the molecule is CO[C@@H]1[C@H](OC(=O)CCc2ccc(CC(=O)CCCC(=O)C(C)(C)C)cc2)CC[C@]2(CO2)[C@H]1[C@@]1(C)O[C@@H]1CC=C(C)C. The Morgan fingerprint density at radius 2 is 1.71 bits per heavy atom. The molecular weight excluding hydrogens is 532 g/mol. The van der Waals surface area contributed by atoms with Crippen LogP contribution in [0.15, 0.2) is 35.9 Å². The molecule has 4 rings (SSSR count). The highest BCUT2D eigenvalue weighted by Gasteiger charge is 2.72. The van der Waals surface area contributed by atoms with Gasteiger partial charge >= 0.3 is 5.97 Å². The number of esters is 1. The van der Waals surface area contributed by atoms with Crippen molar-refractivity contribution < 1.29 is 33.3 Å². The fourth-order valence-corrected chi connectivity index (χ4v) is 6.51. The molecule has 7 nitrogen and oxygen atoms in total. The third-order valence-corrected chi connectivity index (χ3v) is 9.26. The molecule has 0 radical (unpaired) electrons. The minimum Gasteiger partial charge on any atom is -0.460 e. The van der Waals surface area contributed by atoms with Crippen molar-refractivity contribution in [3.63, 3.8) is 0 Å². The van der Waals surface area contributed by atoms with Crippen molar-refractivity contribution in [2.24, 2.45) is 11.3 Å². The van der Waals surface area contributed by atoms with Crippen LogP contribution in [-0.4, -0.2) is 60.8 Å². The fraction of sp³-hybridized carbons (Fsp3) is 0.686. The van der Waals surface area contributed by atoms with Crippen LogP contribution in [-0.2, 0) is 46.2 Å². The molecule has 0 bridgehead atoms. The lowest BCUT2D eigenvalue weighted by Gasteiger charge is -2.42. The predicted molar refractivity (Wildman–Crippen MR) is 161 cm³/mol. The van der Waals surface area contributed by atoms with Gasteiger partial charge in [-0.3, -0.25) is 14.4 Å². The molecule has 1 saturated carbocycles. The lowest BCUT2D eigenvalue weighted by atomic mass is 9.68. The Morgan fingerprint density at radius 1 is 1.05 bits per heavy atom. The normalized spacial score (nSPS) is 30.1. The molecule has 42 heavy (non-hydrogen) atoms. The van der Waals surface area contributed by atoms with E-state index in [-0.39, 0.29) is 64.8 Å². The van der Waals surface area contributed by atoms with Gasteiger partial charge < -0.3 is 18.9 Å². The second-order valence-electron chi connectivity index (χ2n) is 14.0. The van der Waals surface area contributed by atoms with Crippen LogP contribution < -0.4 is 0 Å². The van der Waals surface area contributed by atoms with Gasteiger partial charge in [0.15, 0.2) is 0 Å². The van der Waals surface area contributed by atoms with Crippen LogP contribution in [0.5, 0.6) is 0 Å². The van der Waals surface area contributed by atoms with Crippen molar-refractivity contribution in [1.82, 2.24) is 0 Å². The summed E-state index contributed by atoms with van der Waals surface area (Å²) in [5.74, 6) is 0.0977. The number of benzene rings is 1. The molecule has 3 fully saturated rings. The van der Waals surface area contributed by atoms with E-state index in [1.165, 1.54) is 5.57 Å². The Kier molecular flexibility index (Phi) is 10.2. The van der Waals surface area contributed by atoms with Crippen LogP contribution in [0.2, 0.25) is 0 Å². The number of allylic oxidation sites excluding steroid dienone is 1. The van der Waals surface area contributed by atoms with Crippen LogP contribution in [0.1, 0.15) is 97.6 Å². The van der Waals surface area contributed by atoms with Crippen LogP contribution in [0.4, 0.5) is 0 Å². The van der Waals surface area contributed by atoms with Gasteiger partial charge in [0.05, 0.1) is 18.6 Å². The maximum atomic E-state index is 12.9. The number of carbonyl (C=O) groups is 3. The van der Waals surface area contributed by atoms with E-state index < -0.39 is 0 Å². The zero-order chi connectivity index (χ0) is 30.7. The number of rotatable bonds is 14. The molecule has 0 unspecified atom stereocenters. The summed E-state index contributed by atoms with van der Waals surface area (Å²) in [7, 11) is 1.69. The van der Waals surface area contributed by atoms with Crippen LogP contribution >= 0.6 is 0 Å². The molecule has 1 spiro atoms. The average Bonchev–Trinajstić information content (AvgIpc) is 3.84. The van der Waals surface area contributed by atoms with E-state index in [2.05, 4.69) is 26.8 Å². The lowest BCUT2D eigenvalue weighted by Crippen LogP contribution is -2.55. The van der Waals surface area contributed by atoms with Gasteiger partial charge in [-0.25, -0.2) is 0 Å². The largest absolute Gasteiger partial charge is 0.460 e. The van der Waals surface area contributed by atoms with Crippen molar-refractivity contribution in [1.29, 1.82) is 0 Å². The first-order chi connectivity index (χ1) is 19.8. The third-order valence-electron chi connectivity index (χ3n) is 9.26. The Balaban J connectivity index is 1.24. The number of aryl methyl sites for hydroxylation is 1. The van der Waals surface area contributed by atoms with E-state index in [0.717, 1.165) is 24.0 Å². The van der Waals surface area contributed by atoms with Gasteiger partial charge in [0.1, 0.15) is 35.0 Å². The van der Waals surface area contributed by atoms with E-state index in [9.17, 15) is 14.4 Å². The van der Waals surface area contributed by atoms with Crippen molar-refractivity contribution in [2.75, 3.05) is 13.7 Å². The van der Waals surface area contributed by atoms with Gasteiger partial charge in [0.2, 0.25) is 0 Å². The smallest absolute Gasteiger partial charge is 0.306 e. The van der Waals surface area contributed by atoms with Crippen LogP contribution in [0.3, 0.4) is 0 Å². The van der Waals surface area contributed by atoms with E-state index in [4.69, 9.17) is 18.9 Å². The van der Waals surface area contributed by atoms with Crippen LogP contribution in [0.25, 0.3) is 0 Å². The number of Topliss-reactive ketones (excluding diaryl/α,β-unsaturated/α-hetero) is 2. The second kappa shape index (κ2) is 13.1. The fourth-order valence-electron chi connectivity index (χ4n) is 6.51. The molecule has 232 valence electrons. The summed E-state index contributed by atoms with van der Waals surface area (Å²) in [6.07, 6.45) is 6.75. The third kappa shape index (κ3) is 7.97. The summed E-state index contributed by atoms with van der Waals surface area (Å²) in [5.41, 5.74) is 2.28. The molecular formula is C35H50O7. The summed E-state index contributed by atoms with van der Waals surface area (Å²) in [5, 5.41) is 0. The molecule has 0 amide bonds. The monoisotopic (exact) mass is 582 g/mol. The summed E-state index contributed by atoms with van der Waals surface area (Å²) in [6.45, 7) is 12.8. The molecule has 1 aromatic carbocycles. The number of carbonyl (C=O) groups excluding carboxylic acids is 3. The Morgan fingerprint density at radius 3 is 2.31 bits per heavy atom. The lowest BCUT2D eigenvalue weighted by molar-refractivity contribution is -0.171. The van der Waals surface area contributed by atoms with E-state index in [0.29, 0.717) is 45.1 Å². The number of ketones is 2. The maximum absolute atomic E-state index is 12.9. The Hall–Kier alpha value is -2.35. The van der Waals surface area contributed by atoms with Crippen molar-refractivity contribution in [2.45, 2.75) is 129 Å². The summed E-state index contributed by atoms with van der Waals surface area (Å²) in [4.78, 5) is 37.4. The zero-order valence-corrected chi connectivity index (χ0v) is 26.6. The molecule has 2 saturated heterocycles. The Bertz CT molecular complexity index is 1150. The first kappa shape index (κ1) is 32.6. The molecule has 0 aromatic heterocycles. The molecule has 2 aliphatic heterocycles. The van der Waals surface area contributed by atoms with Crippen LogP contribution in [0, 0.1) is 11.3 Å². The maximum Gasteiger partial charge on any atom is 0.306 e. The number of epoxide rings is 2. The first-order valence-electron chi connectivity index (χ1n) is 15.6. The minimum absolute atomic E-state index is 0.00587. The van der Waals surface area contributed by atoms with Gasteiger partial charge in [-0.05, 0) is 64.0 Å². The molecule has 6 atom stereocenters. The van der Waals surface area contributed by atoms with Gasteiger partial charge in [0, 0.05) is 38.2 Å². The number of ether oxygens (including phenoxy) is 4. The van der Waals surface area contributed by atoms with Gasteiger partial charge in [-0.15, -0.1) is 0 Å².